The number of carbonyl (C=O) groups excluding carboxylic acids is 3. The van der Waals surface area contributed by atoms with Crippen molar-refractivity contribution in [1.29, 1.82) is 0 Å². The van der Waals surface area contributed by atoms with Gasteiger partial charge in [0.15, 0.2) is 0 Å². The Labute approximate surface area is 400 Å². The van der Waals surface area contributed by atoms with Crippen molar-refractivity contribution in [2.24, 2.45) is 22.7 Å². The van der Waals surface area contributed by atoms with Gasteiger partial charge in [-0.1, -0.05) is 86.1 Å². The van der Waals surface area contributed by atoms with Crippen LogP contribution >= 0.6 is 0 Å². The van der Waals surface area contributed by atoms with Crippen LogP contribution in [0, 0.1) is 31.6 Å². The highest BCUT2D eigenvalue weighted by Crippen LogP contribution is 2.47. The van der Waals surface area contributed by atoms with Crippen molar-refractivity contribution in [2.75, 3.05) is 0 Å². The second kappa shape index (κ2) is 19.1. The van der Waals surface area contributed by atoms with Crippen molar-refractivity contribution >= 4 is 39.7 Å². The normalized spacial score (nSPS) is 19.1. The van der Waals surface area contributed by atoms with Crippen LogP contribution in [0.25, 0.3) is 44.3 Å². The van der Waals surface area contributed by atoms with Gasteiger partial charge in [0.25, 0.3) is 11.8 Å². The van der Waals surface area contributed by atoms with E-state index in [2.05, 4.69) is 99.5 Å². The molecule has 69 heavy (non-hydrogen) atoms. The molecule has 2 aliphatic carbocycles. The summed E-state index contributed by atoms with van der Waals surface area (Å²) in [6, 6.07) is 35.3. The van der Waals surface area contributed by atoms with E-state index in [1.807, 2.05) is 72.3 Å². The van der Waals surface area contributed by atoms with E-state index in [9.17, 15) is 14.4 Å². The Balaban J connectivity index is 0.793. The number of aryl methyl sites for hydroxylation is 4. The van der Waals surface area contributed by atoms with E-state index in [1.54, 1.807) is 24.8 Å². The largest absolute Gasteiger partial charge is 0.333 e. The van der Waals surface area contributed by atoms with Crippen LogP contribution in [-0.2, 0) is 19.4 Å². The molecule has 4 amide bonds. The number of hydrogen-bond donors (Lipinski definition) is 4. The van der Waals surface area contributed by atoms with Gasteiger partial charge < -0.3 is 5.32 Å². The van der Waals surface area contributed by atoms with E-state index >= 15 is 0 Å². The maximum atomic E-state index is 13.8. The summed E-state index contributed by atoms with van der Waals surface area (Å²) >= 11 is 0. The Morgan fingerprint density at radius 3 is 2.29 bits per heavy atom. The molecule has 13 heteroatoms. The van der Waals surface area contributed by atoms with Gasteiger partial charge in [-0.2, -0.15) is 4.99 Å². The molecule has 0 spiro atoms. The summed E-state index contributed by atoms with van der Waals surface area (Å²) in [6.07, 6.45) is 12.1. The number of para-hydroxylation sites is 1. The number of benzene rings is 4. The van der Waals surface area contributed by atoms with Crippen molar-refractivity contribution < 1.29 is 14.4 Å². The highest BCUT2D eigenvalue weighted by Gasteiger charge is 2.45. The Morgan fingerprint density at radius 1 is 0.739 bits per heavy atom. The monoisotopic (exact) mass is 916 g/mol. The molecule has 4 aromatic carbocycles. The van der Waals surface area contributed by atoms with Crippen LogP contribution in [0.15, 0.2) is 133 Å². The minimum Gasteiger partial charge on any atom is -0.331 e. The molecular weight excluding hydrogens is 861 g/mol. The summed E-state index contributed by atoms with van der Waals surface area (Å²) in [7, 11) is 0. The molecule has 4 aromatic heterocycles. The Bertz CT molecular complexity index is 3300. The molecule has 8 aromatic rings. The topological polar surface area (TPSA) is 172 Å². The van der Waals surface area contributed by atoms with Crippen LogP contribution in [0.2, 0.25) is 0 Å². The fourth-order valence-electron chi connectivity index (χ4n) is 11.1. The summed E-state index contributed by atoms with van der Waals surface area (Å²) in [5, 5.41) is 7.88. The molecule has 10 rings (SSSR count). The molecule has 13 nitrogen and oxygen atoms in total. The summed E-state index contributed by atoms with van der Waals surface area (Å²) < 4.78 is 1.81. The number of nitrogens with zero attached hydrogens (tertiary/aromatic N) is 6. The van der Waals surface area contributed by atoms with E-state index in [0.717, 1.165) is 65.3 Å². The van der Waals surface area contributed by atoms with Gasteiger partial charge in [0, 0.05) is 39.8 Å². The summed E-state index contributed by atoms with van der Waals surface area (Å²) in [5.74, 6) is 0.923. The molecule has 2 unspecified atom stereocenters. The van der Waals surface area contributed by atoms with E-state index < -0.39 is 11.8 Å². The van der Waals surface area contributed by atoms with Gasteiger partial charge in [-0.05, 0) is 141 Å². The number of carbonyl (C=O) groups is 3. The zero-order valence-corrected chi connectivity index (χ0v) is 39.4. The second-order valence-corrected chi connectivity index (χ2v) is 19.6. The van der Waals surface area contributed by atoms with Crippen LogP contribution in [0.3, 0.4) is 0 Å². The lowest BCUT2D eigenvalue weighted by Crippen LogP contribution is -2.60. The lowest BCUT2D eigenvalue weighted by Gasteiger charge is -2.50. The predicted octanol–water partition coefficient (Wildman–Crippen LogP) is 9.78. The fraction of sp³-hybridized carbons (Fsp3) is 0.286. The van der Waals surface area contributed by atoms with Crippen LogP contribution in [0.5, 0.6) is 0 Å². The molecule has 0 aliphatic heterocycles. The van der Waals surface area contributed by atoms with E-state index in [0.29, 0.717) is 63.2 Å². The quantitative estimate of drug-likeness (QED) is 0.0989. The number of hydrazine groups is 1. The van der Waals surface area contributed by atoms with Crippen LogP contribution < -0.4 is 21.8 Å². The summed E-state index contributed by atoms with van der Waals surface area (Å²) in [5.41, 5.74) is 16.2. The molecule has 348 valence electrons. The highest BCUT2D eigenvalue weighted by atomic mass is 16.2. The van der Waals surface area contributed by atoms with Crippen molar-refractivity contribution in [3.8, 4) is 22.5 Å². The third-order valence-electron chi connectivity index (χ3n) is 13.8. The van der Waals surface area contributed by atoms with Gasteiger partial charge in [0.05, 0.1) is 40.1 Å². The van der Waals surface area contributed by atoms with Gasteiger partial charge in [-0.25, -0.2) is 25.2 Å². The Morgan fingerprint density at radius 2 is 1.49 bits per heavy atom. The number of H-pyrrole nitrogens is 1. The average molecular weight is 917 g/mol. The fourth-order valence-corrected chi connectivity index (χ4v) is 11.1. The SMILES string of the molecule is Cc1ccc2nc(-c3cccnc3)cc(C(=O)/N=c3\ncn(Cc4cccc(CCc5ccc(-c6cc(C(=O)NNC(=O)NC78CC(C)CC(CC(C)C7)C8)c7ccccc7n6)c(C)c5)c4)[nH]3)c2c1. The van der Waals surface area contributed by atoms with Gasteiger partial charge in [-0.15, -0.1) is 0 Å². The van der Waals surface area contributed by atoms with Crippen molar-refractivity contribution in [2.45, 2.75) is 84.7 Å². The first-order valence-electron chi connectivity index (χ1n) is 23.9. The molecule has 4 heterocycles. The standard InChI is InChI=1S/C56H56N10O3/c1-34-14-19-49-45(23-34)47(26-50(59-49)42-11-8-20-57-31-42)52(67)61-54-58-33-66(65-54)32-40-10-7-9-38(25-40)15-16-39-17-18-43(37(4)24-39)51-27-46(44-12-5-6-13-48(44)60-51)53(68)63-64-55(69)62-56-28-35(2)21-41(30-56)22-36(3)29-56/h5-14,17-20,23-27,31,33,35-36,41H,15-16,21-22,28-30,32H2,1-4H3,(H,63,68)(H,61,65,67)(H2,62,64,69). The smallest absolute Gasteiger partial charge is 0.331 e. The van der Waals surface area contributed by atoms with E-state index in [1.165, 1.54) is 24.0 Å². The minimum atomic E-state index is -0.416. The lowest BCUT2D eigenvalue weighted by molar-refractivity contribution is 0.0616. The zero-order chi connectivity index (χ0) is 47.6. The molecular formula is C56H56N10O3. The Kier molecular flexibility index (Phi) is 12.4. The summed E-state index contributed by atoms with van der Waals surface area (Å²) in [6.45, 7) is 9.12. The van der Waals surface area contributed by atoms with Crippen LogP contribution in [0.1, 0.15) is 94.5 Å². The van der Waals surface area contributed by atoms with Crippen LogP contribution in [-0.4, -0.2) is 53.1 Å². The molecule has 2 saturated carbocycles. The van der Waals surface area contributed by atoms with Gasteiger partial charge in [-0.3, -0.25) is 29.8 Å². The molecule has 2 fully saturated rings. The minimum absolute atomic E-state index is 0.214. The van der Waals surface area contributed by atoms with E-state index in [-0.39, 0.29) is 17.2 Å². The van der Waals surface area contributed by atoms with Crippen molar-refractivity contribution in [1.82, 2.24) is 45.9 Å². The number of urea groups is 1. The molecule has 2 bridgehead atoms. The number of aromatic amines is 1. The van der Waals surface area contributed by atoms with E-state index in [4.69, 9.17) is 9.97 Å². The average Bonchev–Trinajstić information content (AvgIpc) is 3.77. The third-order valence-corrected chi connectivity index (χ3v) is 13.8. The van der Waals surface area contributed by atoms with Crippen molar-refractivity contribution in [3.63, 3.8) is 0 Å². The summed E-state index contributed by atoms with van der Waals surface area (Å²) in [4.78, 5) is 63.6. The predicted molar refractivity (Wildman–Crippen MR) is 268 cm³/mol. The molecule has 4 N–H and O–H groups in total. The molecule has 0 saturated heterocycles. The first-order valence-corrected chi connectivity index (χ1v) is 23.9. The zero-order valence-electron chi connectivity index (χ0n) is 39.4. The maximum absolute atomic E-state index is 13.8. The highest BCUT2D eigenvalue weighted by molar-refractivity contribution is 6.08. The third kappa shape index (κ3) is 10.1. The molecule has 2 atom stereocenters. The number of hydrogen-bond acceptors (Lipinski definition) is 7. The number of amides is 4. The van der Waals surface area contributed by atoms with Gasteiger partial charge >= 0.3 is 6.03 Å². The second-order valence-electron chi connectivity index (χ2n) is 19.6. The number of nitrogens with one attached hydrogen (secondary N) is 4. The first kappa shape index (κ1) is 45.0. The lowest BCUT2D eigenvalue weighted by atomic mass is 9.61. The van der Waals surface area contributed by atoms with Crippen molar-refractivity contribution in [3.05, 3.63) is 172 Å². The maximum Gasteiger partial charge on any atom is 0.333 e. The number of fused-ring (bicyclic) bond motifs is 4. The number of rotatable bonds is 10. The number of aromatic nitrogens is 6. The molecule has 0 radical (unpaired) electrons. The van der Waals surface area contributed by atoms with Gasteiger partial charge in [0.1, 0.15) is 6.33 Å². The Hall–Kier alpha value is -7.80. The molecule has 2 aliphatic rings. The first-order chi connectivity index (χ1) is 33.4. The van der Waals surface area contributed by atoms with Crippen LogP contribution in [0.4, 0.5) is 4.79 Å². The number of pyridine rings is 3. The van der Waals surface area contributed by atoms with Gasteiger partial charge in [0.2, 0.25) is 5.62 Å².